The topological polar surface area (TPSA) is 54.4 Å². The first-order chi connectivity index (χ1) is 10.8. The van der Waals surface area contributed by atoms with E-state index in [0.717, 1.165) is 19.3 Å². The number of alkyl halides is 1. The summed E-state index contributed by atoms with van der Waals surface area (Å²) in [6, 6.07) is 0. The Labute approximate surface area is 146 Å². The zero-order valence-electron chi connectivity index (χ0n) is 13.8. The van der Waals surface area contributed by atoms with Crippen molar-refractivity contribution in [3.63, 3.8) is 0 Å². The number of aliphatic hydroxyl groups excluding tert-OH is 1. The van der Waals surface area contributed by atoms with Crippen molar-refractivity contribution in [2.45, 2.75) is 56.9 Å². The molecule has 4 rings (SSSR count). The summed E-state index contributed by atoms with van der Waals surface area (Å²) >= 11 is 3.57. The second kappa shape index (κ2) is 5.01. The Bertz CT molecular complexity index is 599. The van der Waals surface area contributed by atoms with Crippen LogP contribution < -0.4 is 0 Å². The molecule has 0 saturated heterocycles. The fourth-order valence-electron chi connectivity index (χ4n) is 6.36. The normalized spacial score (nSPS) is 55.3. The van der Waals surface area contributed by atoms with E-state index in [1.165, 1.54) is 0 Å². The highest BCUT2D eigenvalue weighted by Crippen LogP contribution is 2.64. The van der Waals surface area contributed by atoms with Gasteiger partial charge < -0.3 is 5.11 Å². The third-order valence-corrected chi connectivity index (χ3v) is 8.55. The molecule has 0 amide bonds. The number of hydrogen-bond donors (Lipinski definition) is 1. The molecule has 3 saturated carbocycles. The van der Waals surface area contributed by atoms with E-state index in [4.69, 9.17) is 0 Å². The third kappa shape index (κ3) is 2.03. The summed E-state index contributed by atoms with van der Waals surface area (Å²) in [5.74, 6) is 1.59. The highest BCUT2D eigenvalue weighted by molar-refractivity contribution is 9.10. The van der Waals surface area contributed by atoms with E-state index in [1.54, 1.807) is 6.08 Å². The molecule has 8 atom stereocenters. The molecule has 23 heavy (non-hydrogen) atoms. The second-order valence-corrected chi connectivity index (χ2v) is 9.79. The molecule has 0 bridgehead atoms. The van der Waals surface area contributed by atoms with Crippen molar-refractivity contribution in [2.75, 3.05) is 0 Å². The van der Waals surface area contributed by atoms with Gasteiger partial charge in [0.1, 0.15) is 0 Å². The first kappa shape index (κ1) is 16.0. The van der Waals surface area contributed by atoms with Crippen molar-refractivity contribution in [2.24, 2.45) is 34.5 Å². The number of hydrogen-bond acceptors (Lipinski definition) is 3. The van der Waals surface area contributed by atoms with Crippen molar-refractivity contribution >= 4 is 27.5 Å². The number of rotatable bonds is 0. The van der Waals surface area contributed by atoms with Gasteiger partial charge in [-0.15, -0.1) is 0 Å². The molecule has 0 aromatic heterocycles. The van der Waals surface area contributed by atoms with Crippen LogP contribution in [0.5, 0.6) is 0 Å². The maximum atomic E-state index is 12.7. The molecular formula is C19H25BrO3. The van der Waals surface area contributed by atoms with Crippen molar-refractivity contribution < 1.29 is 14.7 Å². The lowest BCUT2D eigenvalue weighted by molar-refractivity contribution is -0.150. The first-order valence-electron chi connectivity index (χ1n) is 8.86. The Morgan fingerprint density at radius 1 is 1.22 bits per heavy atom. The third-order valence-electron chi connectivity index (χ3n) is 7.76. The fraction of sp³-hybridized carbons (Fsp3) is 0.789. The average Bonchev–Trinajstić information content (AvgIpc) is 2.73. The molecule has 4 heteroatoms. The molecule has 0 aromatic carbocycles. The molecular weight excluding hydrogens is 356 g/mol. The Kier molecular flexibility index (Phi) is 3.49. The highest BCUT2D eigenvalue weighted by Gasteiger charge is 2.63. The average molecular weight is 381 g/mol. The van der Waals surface area contributed by atoms with Crippen molar-refractivity contribution in [3.8, 4) is 0 Å². The summed E-state index contributed by atoms with van der Waals surface area (Å²) in [4.78, 5) is 24.4. The quantitative estimate of drug-likeness (QED) is 0.656. The largest absolute Gasteiger partial charge is 0.393 e. The van der Waals surface area contributed by atoms with E-state index in [0.29, 0.717) is 24.5 Å². The fourth-order valence-corrected chi connectivity index (χ4v) is 7.29. The van der Waals surface area contributed by atoms with E-state index in [9.17, 15) is 14.7 Å². The van der Waals surface area contributed by atoms with Crippen LogP contribution in [0.3, 0.4) is 0 Å². The molecule has 0 heterocycles. The minimum atomic E-state index is -0.382. The SMILES string of the molecule is C[C@]12C=CC(=O)CC1C[C@H](O)[C@@H]1[C@@H]2CC[C@]2(C)C(=O)[C@H](Br)C[C@@H]12. The lowest BCUT2D eigenvalue weighted by Gasteiger charge is -2.59. The molecule has 0 radical (unpaired) electrons. The molecule has 3 fully saturated rings. The van der Waals surface area contributed by atoms with Gasteiger partial charge in [-0.3, -0.25) is 9.59 Å². The number of allylic oxidation sites excluding steroid dienone is 2. The van der Waals surface area contributed by atoms with Crippen LogP contribution in [0.15, 0.2) is 12.2 Å². The van der Waals surface area contributed by atoms with Crippen LogP contribution in [-0.2, 0) is 9.59 Å². The van der Waals surface area contributed by atoms with Crippen LogP contribution in [0.2, 0.25) is 0 Å². The molecule has 4 aliphatic rings. The number of carbonyl (C=O) groups excluding carboxylic acids is 2. The van der Waals surface area contributed by atoms with Crippen molar-refractivity contribution in [3.05, 3.63) is 12.2 Å². The number of halogens is 1. The number of fused-ring (bicyclic) bond motifs is 5. The number of aliphatic hydroxyl groups is 1. The Hall–Kier alpha value is -0.480. The second-order valence-electron chi connectivity index (χ2n) is 8.68. The van der Waals surface area contributed by atoms with E-state index in [-0.39, 0.29) is 45.3 Å². The zero-order chi connectivity index (χ0) is 16.6. The lowest BCUT2D eigenvalue weighted by atomic mass is 9.46. The molecule has 3 nitrogen and oxygen atoms in total. The molecule has 126 valence electrons. The van der Waals surface area contributed by atoms with Gasteiger partial charge in [-0.25, -0.2) is 0 Å². The van der Waals surface area contributed by atoms with E-state index in [1.807, 2.05) is 0 Å². The number of Topliss-reactive ketones (excluding diaryl/α,β-unsaturated/α-hetero) is 1. The molecule has 1 N–H and O–H groups in total. The van der Waals surface area contributed by atoms with Gasteiger partial charge in [0.25, 0.3) is 0 Å². The first-order valence-corrected chi connectivity index (χ1v) is 9.77. The zero-order valence-corrected chi connectivity index (χ0v) is 15.4. The van der Waals surface area contributed by atoms with E-state index < -0.39 is 0 Å². The van der Waals surface area contributed by atoms with Gasteiger partial charge in [0, 0.05) is 11.8 Å². The standard InChI is InChI=1S/C19H25BrO3/c1-18-5-3-11(21)7-10(18)8-15(22)16-12(18)4-6-19(2)13(16)9-14(20)17(19)23/h3,5,10,12-16,22H,4,6-9H2,1-2H3/t10?,12-,13-,14+,15-,16+,18-,19-/m0/s1. The number of carbonyl (C=O) groups is 2. The molecule has 0 aliphatic heterocycles. The molecule has 0 aromatic rings. The Morgan fingerprint density at radius 2 is 1.96 bits per heavy atom. The van der Waals surface area contributed by atoms with Gasteiger partial charge in [-0.05, 0) is 60.8 Å². The summed E-state index contributed by atoms with van der Waals surface area (Å²) in [5.41, 5.74) is -0.291. The van der Waals surface area contributed by atoms with Crippen molar-refractivity contribution in [1.82, 2.24) is 0 Å². The maximum absolute atomic E-state index is 12.7. The smallest absolute Gasteiger partial charge is 0.155 e. The van der Waals surface area contributed by atoms with E-state index in [2.05, 4.69) is 35.9 Å². The van der Waals surface area contributed by atoms with Gasteiger partial charge in [0.2, 0.25) is 0 Å². The lowest BCUT2D eigenvalue weighted by Crippen LogP contribution is -2.57. The minimum absolute atomic E-state index is 0.00736. The van der Waals surface area contributed by atoms with Crippen LogP contribution >= 0.6 is 15.9 Å². The summed E-state index contributed by atoms with van der Waals surface area (Å²) < 4.78 is 0. The van der Waals surface area contributed by atoms with Crippen LogP contribution in [0.25, 0.3) is 0 Å². The van der Waals surface area contributed by atoms with Gasteiger partial charge in [-0.1, -0.05) is 35.9 Å². The van der Waals surface area contributed by atoms with Crippen molar-refractivity contribution in [1.29, 1.82) is 0 Å². The molecule has 0 spiro atoms. The Balaban J connectivity index is 1.74. The van der Waals surface area contributed by atoms with Crippen LogP contribution in [0.1, 0.15) is 46.0 Å². The number of ketones is 2. The summed E-state index contributed by atoms with van der Waals surface area (Å²) in [6.07, 6.45) is 7.49. The predicted molar refractivity (Wildman–Crippen MR) is 91.1 cm³/mol. The van der Waals surface area contributed by atoms with Gasteiger partial charge in [0.05, 0.1) is 10.9 Å². The van der Waals surface area contributed by atoms with Gasteiger partial charge >= 0.3 is 0 Å². The monoisotopic (exact) mass is 380 g/mol. The predicted octanol–water partition coefficient (Wildman–Crippen LogP) is 3.29. The van der Waals surface area contributed by atoms with Crippen LogP contribution in [0.4, 0.5) is 0 Å². The van der Waals surface area contributed by atoms with Crippen LogP contribution in [-0.4, -0.2) is 27.6 Å². The van der Waals surface area contributed by atoms with Gasteiger partial charge in [0.15, 0.2) is 11.6 Å². The summed E-state index contributed by atoms with van der Waals surface area (Å²) in [7, 11) is 0. The van der Waals surface area contributed by atoms with Crippen LogP contribution in [0, 0.1) is 34.5 Å². The summed E-state index contributed by atoms with van der Waals surface area (Å²) in [6.45, 7) is 4.38. The summed E-state index contributed by atoms with van der Waals surface area (Å²) in [5, 5.41) is 10.9. The molecule has 1 unspecified atom stereocenters. The highest BCUT2D eigenvalue weighted by atomic mass is 79.9. The van der Waals surface area contributed by atoms with E-state index >= 15 is 0 Å². The maximum Gasteiger partial charge on any atom is 0.155 e. The minimum Gasteiger partial charge on any atom is -0.393 e. The molecule has 4 aliphatic carbocycles. The van der Waals surface area contributed by atoms with Gasteiger partial charge in [-0.2, -0.15) is 0 Å². The Morgan fingerprint density at radius 3 is 2.70 bits per heavy atom.